The van der Waals surface area contributed by atoms with Gasteiger partial charge in [-0.1, -0.05) is 16.8 Å². The third-order valence-electron chi connectivity index (χ3n) is 4.35. The maximum atomic E-state index is 12.9. The van der Waals surface area contributed by atoms with Crippen LogP contribution in [-0.4, -0.2) is 33.6 Å². The molecule has 1 amide bonds. The molecule has 6 nitrogen and oxygen atoms in total. The first-order valence-corrected chi connectivity index (χ1v) is 8.05. The highest BCUT2D eigenvalue weighted by Gasteiger charge is 2.39. The minimum atomic E-state index is -0.503. The lowest BCUT2D eigenvalue weighted by Gasteiger charge is -2.25. The lowest BCUT2D eigenvalue weighted by atomic mass is 10.1. The molecule has 0 unspecified atom stereocenters. The molecule has 0 saturated carbocycles. The molecule has 0 spiro atoms. The number of fused-ring (bicyclic) bond motifs is 1. The van der Waals surface area contributed by atoms with E-state index in [1.54, 1.807) is 13.0 Å². The van der Waals surface area contributed by atoms with Crippen molar-refractivity contribution in [2.75, 3.05) is 6.54 Å². The number of hydrogen-bond donors (Lipinski definition) is 0. The topological polar surface area (TPSA) is 68.5 Å². The molecule has 1 aromatic carbocycles. The zero-order valence-electron chi connectivity index (χ0n) is 12.7. The SMILES string of the molecule is Cc1nc([C@H]2CCCN2C(=O)[C@H]2Cc3cc(Cl)ccc3O2)no1. The van der Waals surface area contributed by atoms with E-state index in [1.807, 2.05) is 17.0 Å². The summed E-state index contributed by atoms with van der Waals surface area (Å²) in [7, 11) is 0. The van der Waals surface area contributed by atoms with Crippen LogP contribution < -0.4 is 4.74 Å². The van der Waals surface area contributed by atoms with Gasteiger partial charge in [-0.2, -0.15) is 4.98 Å². The molecule has 2 aliphatic heterocycles. The third kappa shape index (κ3) is 2.57. The van der Waals surface area contributed by atoms with Crippen molar-refractivity contribution in [1.29, 1.82) is 0 Å². The first kappa shape index (κ1) is 14.5. The average Bonchev–Trinajstić information content (AvgIpc) is 3.23. The van der Waals surface area contributed by atoms with Gasteiger partial charge in [-0.15, -0.1) is 0 Å². The molecule has 0 N–H and O–H groups in total. The second-order valence-corrected chi connectivity index (χ2v) is 6.36. The molecular formula is C16H16ClN3O3. The summed E-state index contributed by atoms with van der Waals surface area (Å²) in [6, 6.07) is 5.31. The maximum Gasteiger partial charge on any atom is 0.264 e. The molecule has 2 atom stereocenters. The number of aromatic nitrogens is 2. The third-order valence-corrected chi connectivity index (χ3v) is 4.58. The number of aryl methyl sites for hydroxylation is 1. The second kappa shape index (κ2) is 5.53. The lowest BCUT2D eigenvalue weighted by molar-refractivity contribution is -0.139. The van der Waals surface area contributed by atoms with Crippen molar-refractivity contribution in [3.8, 4) is 5.75 Å². The van der Waals surface area contributed by atoms with E-state index < -0.39 is 6.10 Å². The lowest BCUT2D eigenvalue weighted by Crippen LogP contribution is -2.41. The minimum Gasteiger partial charge on any atom is -0.480 e. The Hall–Kier alpha value is -2.08. The molecule has 2 aromatic rings. The van der Waals surface area contributed by atoms with Crippen LogP contribution in [-0.2, 0) is 11.2 Å². The van der Waals surface area contributed by atoms with Gasteiger partial charge < -0.3 is 14.2 Å². The fourth-order valence-corrected chi connectivity index (χ4v) is 3.48. The highest BCUT2D eigenvalue weighted by Crippen LogP contribution is 2.35. The number of amides is 1. The molecule has 0 radical (unpaired) electrons. The van der Waals surface area contributed by atoms with E-state index in [2.05, 4.69) is 10.1 Å². The van der Waals surface area contributed by atoms with Crippen LogP contribution in [0.2, 0.25) is 5.02 Å². The predicted molar refractivity (Wildman–Crippen MR) is 82.3 cm³/mol. The fraction of sp³-hybridized carbons (Fsp3) is 0.438. The summed E-state index contributed by atoms with van der Waals surface area (Å²) in [6.07, 6.45) is 1.81. The quantitative estimate of drug-likeness (QED) is 0.845. The summed E-state index contributed by atoms with van der Waals surface area (Å²) >= 11 is 6.01. The molecule has 3 heterocycles. The van der Waals surface area contributed by atoms with Crippen LogP contribution in [0.15, 0.2) is 22.7 Å². The number of hydrogen-bond acceptors (Lipinski definition) is 5. The number of nitrogens with zero attached hydrogens (tertiary/aromatic N) is 3. The van der Waals surface area contributed by atoms with Gasteiger partial charge in [-0.05, 0) is 36.6 Å². The molecule has 1 fully saturated rings. The molecular weight excluding hydrogens is 318 g/mol. The number of ether oxygens (including phenoxy) is 1. The van der Waals surface area contributed by atoms with Crippen molar-refractivity contribution in [3.63, 3.8) is 0 Å². The van der Waals surface area contributed by atoms with Gasteiger partial charge in [0.15, 0.2) is 11.9 Å². The maximum absolute atomic E-state index is 12.9. The van der Waals surface area contributed by atoms with E-state index in [0.29, 0.717) is 29.7 Å². The molecule has 4 rings (SSSR count). The van der Waals surface area contributed by atoms with Crippen LogP contribution in [0.3, 0.4) is 0 Å². The smallest absolute Gasteiger partial charge is 0.264 e. The van der Waals surface area contributed by atoms with E-state index in [9.17, 15) is 4.79 Å². The van der Waals surface area contributed by atoms with Crippen LogP contribution >= 0.6 is 11.6 Å². The minimum absolute atomic E-state index is 0.0257. The van der Waals surface area contributed by atoms with Crippen molar-refractivity contribution < 1.29 is 14.1 Å². The number of carbonyl (C=O) groups excluding carboxylic acids is 1. The molecule has 0 aliphatic carbocycles. The molecule has 1 saturated heterocycles. The van der Waals surface area contributed by atoms with Gasteiger partial charge in [0.1, 0.15) is 5.75 Å². The summed E-state index contributed by atoms with van der Waals surface area (Å²) in [6.45, 7) is 2.44. The van der Waals surface area contributed by atoms with Gasteiger partial charge in [0.2, 0.25) is 5.89 Å². The Morgan fingerprint density at radius 1 is 1.43 bits per heavy atom. The first-order chi connectivity index (χ1) is 11.1. The highest BCUT2D eigenvalue weighted by atomic mass is 35.5. The normalized spacial score (nSPS) is 23.0. The molecule has 1 aromatic heterocycles. The Kier molecular flexibility index (Phi) is 3.49. The zero-order valence-corrected chi connectivity index (χ0v) is 13.4. The van der Waals surface area contributed by atoms with Crippen LogP contribution in [0.5, 0.6) is 5.75 Å². The van der Waals surface area contributed by atoms with Crippen LogP contribution in [0.25, 0.3) is 0 Å². The van der Waals surface area contributed by atoms with Gasteiger partial charge in [0.25, 0.3) is 5.91 Å². The Morgan fingerprint density at radius 2 is 2.30 bits per heavy atom. The number of carbonyl (C=O) groups is 1. The Labute approximate surface area is 138 Å². The standard InChI is InChI=1S/C16H16ClN3O3/c1-9-18-15(19-23-9)12-3-2-6-20(12)16(21)14-8-10-7-11(17)4-5-13(10)22-14/h4-5,7,12,14H,2-3,6,8H2,1H3/t12-,14-/m1/s1. The van der Waals surface area contributed by atoms with Crippen molar-refractivity contribution >= 4 is 17.5 Å². The highest BCUT2D eigenvalue weighted by molar-refractivity contribution is 6.30. The Balaban J connectivity index is 1.53. The van der Waals surface area contributed by atoms with E-state index >= 15 is 0 Å². The number of benzene rings is 1. The summed E-state index contributed by atoms with van der Waals surface area (Å²) in [5, 5.41) is 4.62. The summed E-state index contributed by atoms with van der Waals surface area (Å²) < 4.78 is 10.9. The number of likely N-dealkylation sites (tertiary alicyclic amines) is 1. The van der Waals surface area contributed by atoms with E-state index in [0.717, 1.165) is 24.2 Å². The molecule has 0 bridgehead atoms. The summed E-state index contributed by atoms with van der Waals surface area (Å²) in [5.41, 5.74) is 0.974. The van der Waals surface area contributed by atoms with E-state index in [1.165, 1.54) is 0 Å². The van der Waals surface area contributed by atoms with Gasteiger partial charge in [0.05, 0.1) is 6.04 Å². The molecule has 7 heteroatoms. The monoisotopic (exact) mass is 333 g/mol. The van der Waals surface area contributed by atoms with Gasteiger partial charge in [-0.25, -0.2) is 0 Å². The number of rotatable bonds is 2. The average molecular weight is 334 g/mol. The largest absolute Gasteiger partial charge is 0.480 e. The Morgan fingerprint density at radius 3 is 3.09 bits per heavy atom. The summed E-state index contributed by atoms with van der Waals surface area (Å²) in [4.78, 5) is 19.0. The van der Waals surface area contributed by atoms with E-state index in [4.69, 9.17) is 20.9 Å². The van der Waals surface area contributed by atoms with Gasteiger partial charge >= 0.3 is 0 Å². The summed E-state index contributed by atoms with van der Waals surface area (Å²) in [5.74, 6) is 1.80. The van der Waals surface area contributed by atoms with Crippen molar-refractivity contribution in [2.24, 2.45) is 0 Å². The fourth-order valence-electron chi connectivity index (χ4n) is 3.29. The van der Waals surface area contributed by atoms with Crippen LogP contribution in [0.1, 0.15) is 36.2 Å². The first-order valence-electron chi connectivity index (χ1n) is 7.67. The van der Waals surface area contributed by atoms with Crippen molar-refractivity contribution in [3.05, 3.63) is 40.5 Å². The van der Waals surface area contributed by atoms with Crippen LogP contribution in [0.4, 0.5) is 0 Å². The number of halogens is 1. The van der Waals surface area contributed by atoms with Gasteiger partial charge in [0, 0.05) is 24.9 Å². The molecule has 2 aliphatic rings. The van der Waals surface area contributed by atoms with Gasteiger partial charge in [-0.3, -0.25) is 4.79 Å². The van der Waals surface area contributed by atoms with E-state index in [-0.39, 0.29) is 11.9 Å². The zero-order chi connectivity index (χ0) is 16.0. The van der Waals surface area contributed by atoms with Crippen molar-refractivity contribution in [2.45, 2.75) is 38.3 Å². The predicted octanol–water partition coefficient (Wildman–Crippen LogP) is 2.70. The van der Waals surface area contributed by atoms with Crippen molar-refractivity contribution in [1.82, 2.24) is 15.0 Å². The molecule has 120 valence electrons. The Bertz CT molecular complexity index is 761. The second-order valence-electron chi connectivity index (χ2n) is 5.92. The molecule has 23 heavy (non-hydrogen) atoms. The van der Waals surface area contributed by atoms with Crippen LogP contribution in [0, 0.1) is 6.92 Å².